The molecule has 0 aromatic carbocycles. The van der Waals surface area contributed by atoms with Crippen molar-refractivity contribution in [2.24, 2.45) is 0 Å². The van der Waals surface area contributed by atoms with Gasteiger partial charge in [-0.1, -0.05) is 0 Å². The van der Waals surface area contributed by atoms with Gasteiger partial charge in [0, 0.05) is 32.2 Å². The van der Waals surface area contributed by atoms with E-state index in [9.17, 15) is 14.4 Å². The molecular formula is C10H13N5O3. The topological polar surface area (TPSA) is 107 Å². The van der Waals surface area contributed by atoms with E-state index in [1.807, 2.05) is 0 Å². The number of H-pyrrole nitrogens is 1. The number of hydrogen-bond acceptors (Lipinski definition) is 5. The number of anilines is 1. The molecule has 2 amide bonds. The predicted molar refractivity (Wildman–Crippen MR) is 62.9 cm³/mol. The van der Waals surface area contributed by atoms with Gasteiger partial charge in [0.25, 0.3) is 5.56 Å². The highest BCUT2D eigenvalue weighted by Crippen LogP contribution is 1.99. The summed E-state index contributed by atoms with van der Waals surface area (Å²) in [6.07, 6.45) is 0. The van der Waals surface area contributed by atoms with Crippen LogP contribution in [0.4, 0.5) is 5.82 Å². The first-order valence-corrected chi connectivity index (χ1v) is 5.53. The minimum atomic E-state index is -0.753. The van der Waals surface area contributed by atoms with Gasteiger partial charge in [-0.05, 0) is 6.07 Å². The lowest BCUT2D eigenvalue weighted by Gasteiger charge is -2.26. The van der Waals surface area contributed by atoms with Crippen LogP contribution >= 0.6 is 0 Å². The number of piperazine rings is 1. The number of amides is 2. The molecular weight excluding hydrogens is 238 g/mol. The van der Waals surface area contributed by atoms with Crippen molar-refractivity contribution >= 4 is 17.6 Å². The Balaban J connectivity index is 1.96. The molecule has 2 heterocycles. The molecule has 18 heavy (non-hydrogen) atoms. The minimum Gasteiger partial charge on any atom is -0.332 e. The van der Waals surface area contributed by atoms with Crippen LogP contribution in [0.5, 0.6) is 0 Å². The summed E-state index contributed by atoms with van der Waals surface area (Å²) in [6, 6.07) is 2.56. The van der Waals surface area contributed by atoms with Crippen LogP contribution in [0.1, 0.15) is 0 Å². The van der Waals surface area contributed by atoms with Gasteiger partial charge >= 0.3 is 11.8 Å². The Hall–Kier alpha value is -2.22. The molecule has 1 aromatic heterocycles. The third-order valence-corrected chi connectivity index (χ3v) is 2.52. The highest BCUT2D eigenvalue weighted by molar-refractivity contribution is 6.39. The van der Waals surface area contributed by atoms with Gasteiger partial charge in [0.15, 0.2) is 5.82 Å². The van der Waals surface area contributed by atoms with Crippen molar-refractivity contribution in [1.29, 1.82) is 0 Å². The smallest absolute Gasteiger partial charge is 0.315 e. The maximum absolute atomic E-state index is 11.8. The molecule has 96 valence electrons. The number of nitrogens with zero attached hydrogens (tertiary/aromatic N) is 2. The second-order valence-electron chi connectivity index (χ2n) is 3.80. The summed E-state index contributed by atoms with van der Waals surface area (Å²) in [6.45, 7) is 2.36. The molecule has 1 aliphatic rings. The Bertz CT molecular complexity index is 486. The molecule has 0 bridgehead atoms. The fourth-order valence-electron chi connectivity index (χ4n) is 1.60. The normalized spacial score (nSPS) is 15.2. The zero-order valence-electron chi connectivity index (χ0n) is 9.60. The molecule has 0 radical (unpaired) electrons. The fourth-order valence-corrected chi connectivity index (χ4v) is 1.60. The first-order valence-electron chi connectivity index (χ1n) is 5.53. The second kappa shape index (κ2) is 5.41. The molecule has 1 saturated heterocycles. The van der Waals surface area contributed by atoms with Crippen molar-refractivity contribution in [3.8, 4) is 0 Å². The summed E-state index contributed by atoms with van der Waals surface area (Å²) in [4.78, 5) is 35.6. The highest BCUT2D eigenvalue weighted by atomic mass is 16.2. The summed E-state index contributed by atoms with van der Waals surface area (Å²) in [5.41, 5.74) is -0.374. The summed E-state index contributed by atoms with van der Waals surface area (Å²) < 4.78 is 0. The first kappa shape index (κ1) is 12.2. The molecule has 8 heteroatoms. The molecule has 1 fully saturated rings. The third-order valence-electron chi connectivity index (χ3n) is 2.52. The minimum absolute atomic E-state index is 0.142. The highest BCUT2D eigenvalue weighted by Gasteiger charge is 2.23. The molecule has 0 spiro atoms. The summed E-state index contributed by atoms with van der Waals surface area (Å²) in [7, 11) is 0. The monoisotopic (exact) mass is 251 g/mol. The fraction of sp³-hybridized carbons (Fsp3) is 0.400. The molecule has 0 aliphatic carbocycles. The van der Waals surface area contributed by atoms with Gasteiger partial charge in [0.05, 0.1) is 0 Å². The van der Waals surface area contributed by atoms with Gasteiger partial charge in [-0.2, -0.15) is 5.10 Å². The van der Waals surface area contributed by atoms with Crippen LogP contribution < -0.4 is 16.2 Å². The lowest BCUT2D eigenvalue weighted by Crippen LogP contribution is -2.50. The lowest BCUT2D eigenvalue weighted by molar-refractivity contribution is -0.143. The average Bonchev–Trinajstić information content (AvgIpc) is 2.41. The van der Waals surface area contributed by atoms with Gasteiger partial charge in [0.2, 0.25) is 0 Å². The van der Waals surface area contributed by atoms with Crippen LogP contribution in [0, 0.1) is 0 Å². The van der Waals surface area contributed by atoms with E-state index in [0.29, 0.717) is 26.2 Å². The third kappa shape index (κ3) is 2.92. The Kier molecular flexibility index (Phi) is 3.68. The number of rotatable bonds is 1. The Morgan fingerprint density at radius 3 is 2.61 bits per heavy atom. The van der Waals surface area contributed by atoms with Crippen LogP contribution in [0.3, 0.4) is 0 Å². The number of hydrogen-bond donors (Lipinski definition) is 3. The number of nitrogens with one attached hydrogen (secondary N) is 3. The summed E-state index contributed by atoms with van der Waals surface area (Å²) >= 11 is 0. The van der Waals surface area contributed by atoms with Crippen LogP contribution in [-0.2, 0) is 9.59 Å². The Labute approximate surface area is 102 Å². The van der Waals surface area contributed by atoms with Gasteiger partial charge in [-0.25, -0.2) is 5.10 Å². The van der Waals surface area contributed by atoms with E-state index in [1.54, 1.807) is 0 Å². The van der Waals surface area contributed by atoms with Crippen LogP contribution in [0.2, 0.25) is 0 Å². The van der Waals surface area contributed by atoms with E-state index >= 15 is 0 Å². The molecule has 0 unspecified atom stereocenters. The maximum Gasteiger partial charge on any atom is 0.315 e. The number of carbonyl (C=O) groups is 2. The van der Waals surface area contributed by atoms with Crippen molar-refractivity contribution < 1.29 is 9.59 Å². The van der Waals surface area contributed by atoms with Crippen molar-refractivity contribution in [3.63, 3.8) is 0 Å². The number of carbonyl (C=O) groups excluding carboxylic acids is 2. The Morgan fingerprint density at radius 2 is 2.00 bits per heavy atom. The second-order valence-corrected chi connectivity index (χ2v) is 3.80. The van der Waals surface area contributed by atoms with Gasteiger partial charge in [-0.15, -0.1) is 0 Å². The van der Waals surface area contributed by atoms with E-state index in [4.69, 9.17) is 0 Å². The molecule has 1 aromatic rings. The van der Waals surface area contributed by atoms with Crippen molar-refractivity contribution in [2.75, 3.05) is 31.5 Å². The van der Waals surface area contributed by atoms with E-state index in [2.05, 4.69) is 20.8 Å². The average molecular weight is 251 g/mol. The largest absolute Gasteiger partial charge is 0.332 e. The standard InChI is InChI=1S/C10H13N5O3/c16-8-2-1-7(13-14-8)12-9(17)10(18)15-5-3-11-4-6-15/h1-2,11H,3-6H2,(H,14,16)(H,12,13,17). The van der Waals surface area contributed by atoms with E-state index in [1.165, 1.54) is 17.0 Å². The zero-order valence-corrected chi connectivity index (χ0v) is 9.60. The van der Waals surface area contributed by atoms with E-state index in [0.717, 1.165) is 0 Å². The van der Waals surface area contributed by atoms with E-state index in [-0.39, 0.29) is 11.4 Å². The van der Waals surface area contributed by atoms with Crippen molar-refractivity contribution in [2.45, 2.75) is 0 Å². The summed E-state index contributed by atoms with van der Waals surface area (Å²) in [5.74, 6) is -1.20. The van der Waals surface area contributed by atoms with Gasteiger partial charge in [0.1, 0.15) is 0 Å². The first-order chi connectivity index (χ1) is 8.66. The van der Waals surface area contributed by atoms with Crippen LogP contribution in [-0.4, -0.2) is 53.1 Å². The predicted octanol–water partition coefficient (Wildman–Crippen LogP) is -1.86. The van der Waals surface area contributed by atoms with Gasteiger partial charge < -0.3 is 15.5 Å². The number of aromatic nitrogens is 2. The van der Waals surface area contributed by atoms with Crippen molar-refractivity contribution in [1.82, 2.24) is 20.4 Å². The molecule has 0 atom stereocenters. The van der Waals surface area contributed by atoms with Crippen molar-refractivity contribution in [3.05, 3.63) is 22.5 Å². The lowest BCUT2D eigenvalue weighted by atomic mass is 10.3. The molecule has 3 N–H and O–H groups in total. The quantitative estimate of drug-likeness (QED) is 0.507. The maximum atomic E-state index is 11.8. The molecule has 8 nitrogen and oxygen atoms in total. The summed E-state index contributed by atoms with van der Waals surface area (Å²) in [5, 5.41) is 11.2. The van der Waals surface area contributed by atoms with E-state index < -0.39 is 11.8 Å². The zero-order chi connectivity index (χ0) is 13.0. The molecule has 1 aliphatic heterocycles. The molecule has 0 saturated carbocycles. The SMILES string of the molecule is O=C(Nc1ccc(=O)[nH]n1)C(=O)N1CCNCC1. The van der Waals surface area contributed by atoms with Gasteiger partial charge in [-0.3, -0.25) is 14.4 Å². The Morgan fingerprint density at radius 1 is 1.28 bits per heavy atom. The van der Waals surface area contributed by atoms with Crippen LogP contribution in [0.15, 0.2) is 16.9 Å². The number of aromatic amines is 1. The van der Waals surface area contributed by atoms with Crippen LogP contribution in [0.25, 0.3) is 0 Å². The molecule has 2 rings (SSSR count).